The van der Waals surface area contributed by atoms with E-state index in [1.165, 1.54) is 23.3 Å². The Morgan fingerprint density at radius 2 is 1.63 bits per heavy atom. The molecule has 2 aromatic rings. The largest absolute Gasteiger partial charge is 0.324 e. The fourth-order valence-electron chi connectivity index (χ4n) is 2.19. The minimum Gasteiger partial charge on any atom is -0.324 e. The minimum atomic E-state index is -0.215. The van der Waals surface area contributed by atoms with Gasteiger partial charge in [0.15, 0.2) is 0 Å². The van der Waals surface area contributed by atoms with Gasteiger partial charge in [-0.2, -0.15) is 0 Å². The molecule has 1 atom stereocenters. The molecule has 0 spiro atoms. The molecule has 0 fully saturated rings. The van der Waals surface area contributed by atoms with Crippen LogP contribution in [0.1, 0.15) is 28.3 Å². The lowest BCUT2D eigenvalue weighted by molar-refractivity contribution is 0.625. The van der Waals surface area contributed by atoms with Crippen molar-refractivity contribution in [3.8, 4) is 0 Å². The van der Waals surface area contributed by atoms with E-state index in [0.29, 0.717) is 6.42 Å². The van der Waals surface area contributed by atoms with Gasteiger partial charge in [0.1, 0.15) is 5.82 Å². The van der Waals surface area contributed by atoms with Crippen LogP contribution in [-0.4, -0.2) is 0 Å². The molecule has 2 rings (SSSR count). The first-order chi connectivity index (χ1) is 8.97. The summed E-state index contributed by atoms with van der Waals surface area (Å²) in [4.78, 5) is 0. The molecule has 0 radical (unpaired) electrons. The Bertz CT molecular complexity index is 555. The van der Waals surface area contributed by atoms with E-state index in [-0.39, 0.29) is 11.9 Å². The maximum Gasteiger partial charge on any atom is 0.123 e. The lowest BCUT2D eigenvalue weighted by Gasteiger charge is -2.15. The fourth-order valence-corrected chi connectivity index (χ4v) is 2.41. The summed E-state index contributed by atoms with van der Waals surface area (Å²) in [5.41, 5.74) is 10.8. The average molecular weight is 322 g/mol. The van der Waals surface area contributed by atoms with Gasteiger partial charge in [-0.1, -0.05) is 40.2 Å². The Morgan fingerprint density at radius 3 is 2.16 bits per heavy atom. The van der Waals surface area contributed by atoms with Crippen LogP contribution in [0.25, 0.3) is 0 Å². The third kappa shape index (κ3) is 3.43. The third-order valence-electron chi connectivity index (χ3n) is 3.26. The molecule has 0 aliphatic heterocycles. The molecule has 100 valence electrons. The van der Waals surface area contributed by atoms with E-state index >= 15 is 0 Å². The molecule has 0 aromatic heterocycles. The van der Waals surface area contributed by atoms with Crippen molar-refractivity contribution in [2.45, 2.75) is 26.3 Å². The number of rotatable bonds is 3. The van der Waals surface area contributed by atoms with Crippen LogP contribution in [0, 0.1) is 19.7 Å². The Morgan fingerprint density at radius 1 is 1.11 bits per heavy atom. The zero-order valence-electron chi connectivity index (χ0n) is 11.1. The van der Waals surface area contributed by atoms with Gasteiger partial charge in [0, 0.05) is 10.5 Å². The number of halogens is 2. The summed E-state index contributed by atoms with van der Waals surface area (Å²) in [6, 6.07) is 10.6. The molecule has 0 heterocycles. The van der Waals surface area contributed by atoms with Gasteiger partial charge in [0.05, 0.1) is 0 Å². The van der Waals surface area contributed by atoms with E-state index in [1.807, 2.05) is 0 Å². The van der Waals surface area contributed by atoms with Gasteiger partial charge >= 0.3 is 0 Å². The molecule has 3 heteroatoms. The van der Waals surface area contributed by atoms with E-state index in [9.17, 15) is 4.39 Å². The topological polar surface area (TPSA) is 26.0 Å². The molecule has 0 aliphatic rings. The van der Waals surface area contributed by atoms with Gasteiger partial charge in [0.25, 0.3) is 0 Å². The summed E-state index contributed by atoms with van der Waals surface area (Å²) < 4.78 is 14.0. The zero-order valence-corrected chi connectivity index (χ0v) is 12.7. The molecule has 2 aromatic carbocycles. The van der Waals surface area contributed by atoms with Crippen molar-refractivity contribution in [1.82, 2.24) is 0 Å². The first-order valence-electron chi connectivity index (χ1n) is 6.24. The molecule has 1 nitrogen and oxygen atoms in total. The predicted octanol–water partition coefficient (Wildman–Crippen LogP) is 4.45. The van der Waals surface area contributed by atoms with E-state index < -0.39 is 0 Å². The van der Waals surface area contributed by atoms with Gasteiger partial charge in [-0.15, -0.1) is 0 Å². The van der Waals surface area contributed by atoms with Crippen molar-refractivity contribution >= 4 is 15.9 Å². The SMILES string of the molecule is Cc1cc(C(N)Cc2ccc(F)cc2)cc(C)c1Br. The van der Waals surface area contributed by atoms with Crippen LogP contribution in [0.2, 0.25) is 0 Å². The summed E-state index contributed by atoms with van der Waals surface area (Å²) in [5, 5.41) is 0. The normalized spacial score (nSPS) is 12.5. The Balaban J connectivity index is 2.20. The molecular formula is C16H17BrFN. The summed E-state index contributed by atoms with van der Waals surface area (Å²) in [7, 11) is 0. The van der Waals surface area contributed by atoms with Crippen LogP contribution < -0.4 is 5.73 Å². The second-order valence-corrected chi connectivity index (χ2v) is 5.70. The summed E-state index contributed by atoms with van der Waals surface area (Å²) in [5.74, 6) is -0.215. The van der Waals surface area contributed by atoms with Crippen LogP contribution in [0.3, 0.4) is 0 Å². The zero-order chi connectivity index (χ0) is 14.0. The Kier molecular flexibility index (Phi) is 4.38. The van der Waals surface area contributed by atoms with Crippen LogP contribution in [-0.2, 0) is 6.42 Å². The molecule has 0 bridgehead atoms. The molecule has 0 saturated carbocycles. The maximum absolute atomic E-state index is 12.9. The Labute approximate surface area is 121 Å². The molecule has 0 aliphatic carbocycles. The lowest BCUT2D eigenvalue weighted by Crippen LogP contribution is -2.14. The van der Waals surface area contributed by atoms with Gasteiger partial charge in [-0.05, 0) is 54.7 Å². The molecule has 1 unspecified atom stereocenters. The first kappa shape index (κ1) is 14.2. The van der Waals surface area contributed by atoms with Crippen molar-refractivity contribution < 1.29 is 4.39 Å². The summed E-state index contributed by atoms with van der Waals surface area (Å²) in [6.45, 7) is 4.12. The van der Waals surface area contributed by atoms with E-state index in [0.717, 1.165) is 15.6 Å². The van der Waals surface area contributed by atoms with Crippen LogP contribution in [0.4, 0.5) is 4.39 Å². The van der Waals surface area contributed by atoms with Gasteiger partial charge < -0.3 is 5.73 Å². The second kappa shape index (κ2) is 5.85. The molecule has 19 heavy (non-hydrogen) atoms. The second-order valence-electron chi connectivity index (χ2n) is 4.91. The number of aryl methyl sites for hydroxylation is 2. The number of nitrogens with two attached hydrogens (primary N) is 1. The van der Waals surface area contributed by atoms with Crippen LogP contribution in [0.5, 0.6) is 0 Å². The first-order valence-corrected chi connectivity index (χ1v) is 7.03. The smallest absolute Gasteiger partial charge is 0.123 e. The number of hydrogen-bond donors (Lipinski definition) is 1. The Hall–Kier alpha value is -1.19. The highest BCUT2D eigenvalue weighted by atomic mass is 79.9. The van der Waals surface area contributed by atoms with Gasteiger partial charge in [-0.3, -0.25) is 0 Å². The predicted molar refractivity (Wildman–Crippen MR) is 80.6 cm³/mol. The summed E-state index contributed by atoms with van der Waals surface area (Å²) >= 11 is 3.55. The highest BCUT2D eigenvalue weighted by Crippen LogP contribution is 2.26. The maximum atomic E-state index is 12.9. The fraction of sp³-hybridized carbons (Fsp3) is 0.250. The van der Waals surface area contributed by atoms with E-state index in [2.05, 4.69) is 41.9 Å². The average Bonchev–Trinajstić information content (AvgIpc) is 2.38. The van der Waals surface area contributed by atoms with Crippen LogP contribution in [0.15, 0.2) is 40.9 Å². The summed E-state index contributed by atoms with van der Waals surface area (Å²) in [6.07, 6.45) is 0.709. The van der Waals surface area contributed by atoms with Crippen molar-refractivity contribution in [3.63, 3.8) is 0 Å². The molecule has 0 saturated heterocycles. The quantitative estimate of drug-likeness (QED) is 0.888. The van der Waals surface area contributed by atoms with Gasteiger partial charge in [0.2, 0.25) is 0 Å². The highest BCUT2D eigenvalue weighted by molar-refractivity contribution is 9.10. The highest BCUT2D eigenvalue weighted by Gasteiger charge is 2.10. The standard InChI is InChI=1S/C16H17BrFN/c1-10-7-13(8-11(2)16(10)17)15(19)9-12-3-5-14(18)6-4-12/h3-8,15H,9,19H2,1-2H3. The molecule has 2 N–H and O–H groups in total. The molecular weight excluding hydrogens is 305 g/mol. The van der Waals surface area contributed by atoms with Gasteiger partial charge in [-0.25, -0.2) is 4.39 Å². The van der Waals surface area contributed by atoms with E-state index in [1.54, 1.807) is 12.1 Å². The van der Waals surface area contributed by atoms with Crippen molar-refractivity contribution in [2.75, 3.05) is 0 Å². The third-order valence-corrected chi connectivity index (χ3v) is 4.51. The van der Waals surface area contributed by atoms with Crippen LogP contribution >= 0.6 is 15.9 Å². The monoisotopic (exact) mass is 321 g/mol. The van der Waals surface area contributed by atoms with Crippen molar-refractivity contribution in [3.05, 3.63) is 68.9 Å². The number of benzene rings is 2. The minimum absolute atomic E-state index is 0.0732. The molecule has 0 amide bonds. The lowest BCUT2D eigenvalue weighted by atomic mass is 9.96. The number of hydrogen-bond acceptors (Lipinski definition) is 1. The van der Waals surface area contributed by atoms with Crippen molar-refractivity contribution in [1.29, 1.82) is 0 Å². The van der Waals surface area contributed by atoms with E-state index in [4.69, 9.17) is 5.73 Å². The van der Waals surface area contributed by atoms with Crippen molar-refractivity contribution in [2.24, 2.45) is 5.73 Å².